The van der Waals surface area contributed by atoms with Gasteiger partial charge in [-0.3, -0.25) is 14.6 Å². The molecule has 1 heterocycles. The van der Waals surface area contributed by atoms with Crippen molar-refractivity contribution in [3.63, 3.8) is 0 Å². The first-order valence-electron chi connectivity index (χ1n) is 4.81. The smallest absolute Gasteiger partial charge is 0.330 e. The first kappa shape index (κ1) is 13.7. The van der Waals surface area contributed by atoms with Crippen molar-refractivity contribution in [1.82, 2.24) is 9.55 Å². The highest BCUT2D eigenvalue weighted by molar-refractivity contribution is 6.25. The number of hydrogen-bond acceptors (Lipinski definition) is 4. The molecule has 0 aliphatic carbocycles. The van der Waals surface area contributed by atoms with Gasteiger partial charge in [0.1, 0.15) is 11.5 Å². The molecular weight excluding hydrogens is 251 g/mol. The van der Waals surface area contributed by atoms with E-state index in [1.807, 2.05) is 0 Å². The largest absolute Gasteiger partial charge is 0.383 e. The van der Waals surface area contributed by atoms with Gasteiger partial charge >= 0.3 is 22.0 Å². The van der Waals surface area contributed by atoms with Gasteiger partial charge in [-0.25, -0.2) is 14.1 Å². The lowest BCUT2D eigenvalue weighted by Gasteiger charge is -2.07. The van der Waals surface area contributed by atoms with Crippen molar-refractivity contribution in [2.45, 2.75) is 6.54 Å². The first-order chi connectivity index (χ1) is 8.51. The van der Waals surface area contributed by atoms with Crippen molar-refractivity contribution in [3.05, 3.63) is 20.8 Å². The molecule has 18 heavy (non-hydrogen) atoms. The number of carbonyl (C=O) groups excluding carboxylic acids is 1. The number of anilines is 2. The van der Waals surface area contributed by atoms with E-state index in [9.17, 15) is 14.4 Å². The fourth-order valence-corrected chi connectivity index (χ4v) is 1.43. The molecule has 0 bridgehead atoms. The summed E-state index contributed by atoms with van der Waals surface area (Å²) >= 11 is 0.527. The molecule has 0 saturated carbocycles. The molecule has 0 saturated heterocycles. The van der Waals surface area contributed by atoms with Crippen molar-refractivity contribution >= 4 is 33.7 Å². The number of nitrogen functional groups attached to an aromatic ring is 1. The number of rotatable bonds is 2. The first-order valence-corrected chi connectivity index (χ1v) is 5.81. The molecule has 90 valence electrons. The van der Waals surface area contributed by atoms with E-state index in [2.05, 4.69) is 26.9 Å². The SMILES string of the molecule is C#CCn1c(=O)[nH]c(N)c(NC(=O)C#[C][AlH2])c1=O. The molecule has 0 aliphatic heterocycles. The maximum absolute atomic E-state index is 11.9. The highest BCUT2D eigenvalue weighted by Crippen LogP contribution is 2.05. The van der Waals surface area contributed by atoms with Crippen molar-refractivity contribution in [2.75, 3.05) is 11.1 Å². The normalized spacial score (nSPS) is 8.83. The monoisotopic (exact) mass is 260 g/mol. The summed E-state index contributed by atoms with van der Waals surface area (Å²) in [7, 11) is 0. The molecular formula is C10H9AlN4O3. The highest BCUT2D eigenvalue weighted by atomic mass is 27.0. The average molecular weight is 260 g/mol. The van der Waals surface area contributed by atoms with Crippen LogP contribution < -0.4 is 22.3 Å². The molecule has 0 unspecified atom stereocenters. The summed E-state index contributed by atoms with van der Waals surface area (Å²) < 4.78 is 0.750. The lowest BCUT2D eigenvalue weighted by molar-refractivity contribution is -0.111. The minimum Gasteiger partial charge on any atom is -0.383 e. The Kier molecular flexibility index (Phi) is 4.40. The second-order valence-corrected chi connectivity index (χ2v) is 3.64. The second kappa shape index (κ2) is 5.79. The molecule has 0 radical (unpaired) electrons. The standard InChI is InChI=1S/C10H7N4O3.Al.2H/c1-3-5-14-9(16)7(12-6(15)4-2)8(11)13-10(14)17;;;/h1H,5,11H2,(H,12,15)(H,13,17);;;. The Morgan fingerprint density at radius 2 is 2.22 bits per heavy atom. The van der Waals surface area contributed by atoms with Crippen LogP contribution in [0.4, 0.5) is 11.5 Å². The van der Waals surface area contributed by atoms with Gasteiger partial charge in [0.25, 0.3) is 11.5 Å². The lowest BCUT2D eigenvalue weighted by atomic mass is 10.4. The zero-order chi connectivity index (χ0) is 13.7. The molecule has 0 fully saturated rings. The fourth-order valence-electron chi connectivity index (χ4n) is 1.20. The highest BCUT2D eigenvalue weighted by Gasteiger charge is 2.13. The fraction of sp³-hybridized carbons (Fsp3) is 0.100. The summed E-state index contributed by atoms with van der Waals surface area (Å²) in [6, 6.07) is 0. The van der Waals surface area contributed by atoms with E-state index in [1.165, 1.54) is 0 Å². The number of carbonyl (C=O) groups is 1. The van der Waals surface area contributed by atoms with Crippen LogP contribution in [-0.2, 0) is 11.3 Å². The summed E-state index contributed by atoms with van der Waals surface area (Å²) in [5.41, 5.74) is 3.72. The van der Waals surface area contributed by atoms with E-state index in [1.54, 1.807) is 0 Å². The van der Waals surface area contributed by atoms with Gasteiger partial charge in [-0.2, -0.15) is 0 Å². The van der Waals surface area contributed by atoms with Gasteiger partial charge < -0.3 is 11.1 Å². The summed E-state index contributed by atoms with van der Waals surface area (Å²) in [5, 5.41) is 2.22. The molecule has 1 rings (SSSR count). The predicted molar refractivity (Wildman–Crippen MR) is 69.5 cm³/mol. The Bertz CT molecular complexity index is 699. The zero-order valence-corrected chi connectivity index (χ0v) is 11.5. The average Bonchev–Trinajstić information content (AvgIpc) is 2.30. The molecule has 8 heteroatoms. The number of amides is 1. The van der Waals surface area contributed by atoms with Crippen molar-refractivity contribution < 1.29 is 4.79 Å². The number of hydrogen-bond donors (Lipinski definition) is 3. The van der Waals surface area contributed by atoms with Crippen LogP contribution in [0.15, 0.2) is 9.59 Å². The number of nitrogens with two attached hydrogens (primary N) is 1. The minimum atomic E-state index is -0.766. The van der Waals surface area contributed by atoms with Crippen molar-refractivity contribution in [1.29, 1.82) is 0 Å². The number of nitrogens with zero attached hydrogens (tertiary/aromatic N) is 1. The predicted octanol–water partition coefficient (Wildman–Crippen LogP) is -2.72. The third-order valence-electron chi connectivity index (χ3n) is 1.94. The summed E-state index contributed by atoms with van der Waals surface area (Å²) in [6.07, 6.45) is 5.04. The maximum Gasteiger partial charge on any atom is 0.330 e. The van der Waals surface area contributed by atoms with E-state index < -0.39 is 17.2 Å². The van der Waals surface area contributed by atoms with Gasteiger partial charge in [-0.05, 0) is 5.92 Å². The van der Waals surface area contributed by atoms with Gasteiger partial charge in [-0.15, -0.1) is 6.42 Å². The van der Waals surface area contributed by atoms with Crippen LogP contribution >= 0.6 is 0 Å². The maximum atomic E-state index is 11.9. The Balaban J connectivity index is 3.36. The molecule has 0 spiro atoms. The summed E-state index contributed by atoms with van der Waals surface area (Å²) in [6.45, 7) is -0.219. The van der Waals surface area contributed by atoms with Crippen molar-refractivity contribution in [3.8, 4) is 23.0 Å². The van der Waals surface area contributed by atoms with Crippen LogP contribution in [0.1, 0.15) is 0 Å². The topological polar surface area (TPSA) is 110 Å². The van der Waals surface area contributed by atoms with Gasteiger partial charge in [0, 0.05) is 0 Å². The zero-order valence-electron chi connectivity index (χ0n) is 9.53. The molecule has 4 N–H and O–H groups in total. The van der Waals surface area contributed by atoms with Gasteiger partial charge in [0.05, 0.1) is 6.54 Å². The van der Waals surface area contributed by atoms with E-state index in [0.717, 1.165) is 4.57 Å². The molecule has 1 amide bonds. The number of aromatic nitrogens is 2. The van der Waals surface area contributed by atoms with Crippen LogP contribution in [0.2, 0.25) is 0 Å². The number of aromatic amines is 1. The molecule has 0 aromatic carbocycles. The van der Waals surface area contributed by atoms with Crippen LogP contribution in [0.3, 0.4) is 0 Å². The number of H-pyrrole nitrogens is 1. The second-order valence-electron chi connectivity index (χ2n) is 3.14. The van der Waals surface area contributed by atoms with Crippen LogP contribution in [0.5, 0.6) is 0 Å². The van der Waals surface area contributed by atoms with E-state index in [4.69, 9.17) is 12.2 Å². The Hall–Kier alpha value is -2.40. The Morgan fingerprint density at radius 3 is 2.78 bits per heavy atom. The molecule has 1 aromatic heterocycles. The molecule has 7 nitrogen and oxygen atoms in total. The van der Waals surface area contributed by atoms with Crippen LogP contribution in [0.25, 0.3) is 0 Å². The Labute approximate surface area is 110 Å². The van der Waals surface area contributed by atoms with Crippen molar-refractivity contribution in [2.24, 2.45) is 0 Å². The molecule has 1 aromatic rings. The Morgan fingerprint density at radius 1 is 1.56 bits per heavy atom. The van der Waals surface area contributed by atoms with Gasteiger partial charge in [-0.1, -0.05) is 5.92 Å². The van der Waals surface area contributed by atoms with E-state index >= 15 is 0 Å². The number of nitrogens with one attached hydrogen (secondary N) is 2. The summed E-state index contributed by atoms with van der Waals surface area (Å²) in [4.78, 5) is 39.3. The van der Waals surface area contributed by atoms with Crippen LogP contribution in [0, 0.1) is 23.0 Å². The third kappa shape index (κ3) is 2.84. The van der Waals surface area contributed by atoms with Crippen LogP contribution in [-0.4, -0.2) is 31.7 Å². The van der Waals surface area contributed by atoms with E-state index in [0.29, 0.717) is 16.3 Å². The molecule has 0 aliphatic rings. The molecule has 0 atom stereocenters. The van der Waals surface area contributed by atoms with Gasteiger partial charge in [0.15, 0.2) is 0 Å². The third-order valence-corrected chi connectivity index (χ3v) is 2.19. The number of terminal acetylenes is 1. The quantitative estimate of drug-likeness (QED) is 0.396. The van der Waals surface area contributed by atoms with Gasteiger partial charge in [0.2, 0.25) is 0 Å². The summed E-state index contributed by atoms with van der Waals surface area (Å²) in [5.74, 6) is 3.49. The van der Waals surface area contributed by atoms with E-state index in [-0.39, 0.29) is 18.1 Å². The lowest BCUT2D eigenvalue weighted by Crippen LogP contribution is -2.38. The minimum absolute atomic E-state index is 0.219.